The third-order valence-electron chi connectivity index (χ3n) is 1.34. The van der Waals surface area contributed by atoms with Crippen molar-refractivity contribution in [2.24, 2.45) is 5.73 Å². The fourth-order valence-corrected chi connectivity index (χ4v) is 0.289. The molecule has 0 saturated heterocycles. The van der Waals surface area contributed by atoms with Crippen LogP contribution in [0.5, 0.6) is 0 Å². The molecular formula is C6H14F3NO3S. The van der Waals surface area contributed by atoms with Crippen LogP contribution in [0.15, 0.2) is 0 Å². The zero-order valence-electron chi connectivity index (χ0n) is 7.87. The minimum absolute atomic E-state index is 0.435. The minimum Gasteiger partial charge on any atom is -0.328 e. The molecule has 0 bridgehead atoms. The summed E-state index contributed by atoms with van der Waals surface area (Å²) in [6.45, 7) is 4.21. The quantitative estimate of drug-likeness (QED) is 0.563. The largest absolute Gasteiger partial charge is 0.522 e. The molecule has 0 aliphatic heterocycles. The lowest BCUT2D eigenvalue weighted by Gasteiger charge is -1.99. The number of halogens is 3. The van der Waals surface area contributed by atoms with Crippen LogP contribution in [0.25, 0.3) is 0 Å². The van der Waals surface area contributed by atoms with Gasteiger partial charge in [-0.25, -0.2) is 0 Å². The second kappa shape index (κ2) is 6.20. The summed E-state index contributed by atoms with van der Waals surface area (Å²) in [5, 5.41) is 0. The average Bonchev–Trinajstić information content (AvgIpc) is 2.00. The van der Waals surface area contributed by atoms with Crippen LogP contribution in [-0.2, 0) is 10.1 Å². The monoisotopic (exact) mass is 237 g/mol. The summed E-state index contributed by atoms with van der Waals surface area (Å²) in [5.41, 5.74) is -0.0625. The molecule has 14 heavy (non-hydrogen) atoms. The second-order valence-corrected chi connectivity index (χ2v) is 3.91. The molecule has 0 amide bonds. The van der Waals surface area contributed by atoms with Crippen LogP contribution in [0, 0.1) is 0 Å². The Balaban J connectivity index is 0. The first-order valence-electron chi connectivity index (χ1n) is 3.85. The topological polar surface area (TPSA) is 80.4 Å². The molecule has 0 aromatic rings. The van der Waals surface area contributed by atoms with E-state index in [4.69, 9.17) is 18.7 Å². The van der Waals surface area contributed by atoms with E-state index in [0.717, 1.165) is 12.8 Å². The van der Waals surface area contributed by atoms with Gasteiger partial charge in [-0.15, -0.1) is 0 Å². The number of nitrogens with two attached hydrogens (primary N) is 1. The fourth-order valence-electron chi connectivity index (χ4n) is 0.289. The van der Waals surface area contributed by atoms with Crippen molar-refractivity contribution in [3.05, 3.63) is 0 Å². The van der Waals surface area contributed by atoms with Gasteiger partial charge in [0.05, 0.1) is 0 Å². The predicted octanol–water partition coefficient (Wildman–Crippen LogP) is 1.53. The number of hydrogen-bond acceptors (Lipinski definition) is 3. The normalized spacial score (nSPS) is 12.3. The maximum atomic E-state index is 10.7. The summed E-state index contributed by atoms with van der Waals surface area (Å²) in [4.78, 5) is 0. The van der Waals surface area contributed by atoms with Crippen molar-refractivity contribution in [1.29, 1.82) is 0 Å². The zero-order chi connectivity index (χ0) is 12.0. The lowest BCUT2D eigenvalue weighted by atomic mass is 10.2. The van der Waals surface area contributed by atoms with E-state index in [2.05, 4.69) is 13.8 Å². The predicted molar refractivity (Wildman–Crippen MR) is 46.2 cm³/mol. The van der Waals surface area contributed by atoms with E-state index in [1.54, 1.807) is 0 Å². The van der Waals surface area contributed by atoms with Crippen molar-refractivity contribution >= 4 is 10.1 Å². The standard InChI is InChI=1S/C5H13N.CHF3O3S/c1-3-5(6)4-2;2-1(3,4)8(5,6)7/h5H,3-4,6H2,1-2H3;(H,5,6,7). The Bertz CT molecular complexity index is 233. The molecule has 0 aliphatic rings. The highest BCUT2D eigenvalue weighted by Crippen LogP contribution is 2.20. The lowest BCUT2D eigenvalue weighted by Crippen LogP contribution is -2.21. The van der Waals surface area contributed by atoms with Gasteiger partial charge in [-0.05, 0) is 12.8 Å². The van der Waals surface area contributed by atoms with Gasteiger partial charge < -0.3 is 5.73 Å². The van der Waals surface area contributed by atoms with Crippen molar-refractivity contribution in [3.8, 4) is 0 Å². The van der Waals surface area contributed by atoms with E-state index in [1.165, 1.54) is 0 Å². The van der Waals surface area contributed by atoms with Gasteiger partial charge in [-0.3, -0.25) is 4.55 Å². The molecule has 0 atom stereocenters. The van der Waals surface area contributed by atoms with Crippen LogP contribution in [0.3, 0.4) is 0 Å². The van der Waals surface area contributed by atoms with E-state index in [1.807, 2.05) is 0 Å². The Kier molecular flexibility index (Phi) is 7.13. The molecule has 3 N–H and O–H groups in total. The Morgan fingerprint density at radius 2 is 1.50 bits per heavy atom. The van der Waals surface area contributed by atoms with Gasteiger partial charge in [0.15, 0.2) is 0 Å². The van der Waals surface area contributed by atoms with Crippen LogP contribution in [0.4, 0.5) is 13.2 Å². The van der Waals surface area contributed by atoms with E-state index < -0.39 is 15.6 Å². The minimum atomic E-state index is -5.84. The molecule has 0 rings (SSSR count). The molecule has 0 aliphatic carbocycles. The van der Waals surface area contributed by atoms with Gasteiger partial charge in [0, 0.05) is 6.04 Å². The first-order valence-corrected chi connectivity index (χ1v) is 5.29. The molecular weight excluding hydrogens is 223 g/mol. The molecule has 0 saturated carbocycles. The Hall–Kier alpha value is -0.340. The van der Waals surface area contributed by atoms with Gasteiger partial charge in [0.25, 0.3) is 0 Å². The first kappa shape index (κ1) is 16.1. The van der Waals surface area contributed by atoms with Crippen LogP contribution in [0.2, 0.25) is 0 Å². The Morgan fingerprint density at radius 1 is 1.29 bits per heavy atom. The first-order chi connectivity index (χ1) is 6.06. The number of alkyl halides is 3. The van der Waals surface area contributed by atoms with Crippen LogP contribution in [0.1, 0.15) is 26.7 Å². The summed E-state index contributed by atoms with van der Waals surface area (Å²) in [6.07, 6.45) is 2.22. The van der Waals surface area contributed by atoms with Gasteiger partial charge in [0.2, 0.25) is 0 Å². The maximum absolute atomic E-state index is 10.7. The van der Waals surface area contributed by atoms with Gasteiger partial charge in [-0.1, -0.05) is 13.8 Å². The second-order valence-electron chi connectivity index (χ2n) is 2.50. The Morgan fingerprint density at radius 3 is 1.50 bits per heavy atom. The summed E-state index contributed by atoms with van der Waals surface area (Å²) in [7, 11) is -5.84. The molecule has 0 heterocycles. The zero-order valence-corrected chi connectivity index (χ0v) is 8.69. The SMILES string of the molecule is CCC(N)CC.O=S(=O)(O)C(F)(F)F. The van der Waals surface area contributed by atoms with Crippen molar-refractivity contribution in [3.63, 3.8) is 0 Å². The highest BCUT2D eigenvalue weighted by molar-refractivity contribution is 7.86. The molecule has 0 radical (unpaired) electrons. The smallest absolute Gasteiger partial charge is 0.328 e. The molecule has 4 nitrogen and oxygen atoms in total. The summed E-state index contributed by atoms with van der Waals surface area (Å²) in [5.74, 6) is 0. The summed E-state index contributed by atoms with van der Waals surface area (Å²) in [6, 6.07) is 0.435. The highest BCUT2D eigenvalue weighted by Gasteiger charge is 2.44. The molecule has 0 aromatic carbocycles. The van der Waals surface area contributed by atoms with Crippen molar-refractivity contribution in [1.82, 2.24) is 0 Å². The van der Waals surface area contributed by atoms with Crippen LogP contribution in [-0.4, -0.2) is 24.5 Å². The van der Waals surface area contributed by atoms with E-state index >= 15 is 0 Å². The molecule has 0 spiro atoms. The van der Waals surface area contributed by atoms with Crippen molar-refractivity contribution in [2.75, 3.05) is 0 Å². The van der Waals surface area contributed by atoms with Crippen molar-refractivity contribution < 1.29 is 26.1 Å². The van der Waals surface area contributed by atoms with Crippen LogP contribution >= 0.6 is 0 Å². The van der Waals surface area contributed by atoms with Gasteiger partial charge >= 0.3 is 15.6 Å². The fraction of sp³-hybridized carbons (Fsp3) is 1.00. The molecule has 0 fully saturated rings. The third-order valence-corrected chi connectivity index (χ3v) is 1.93. The van der Waals surface area contributed by atoms with Gasteiger partial charge in [-0.2, -0.15) is 21.6 Å². The van der Waals surface area contributed by atoms with Gasteiger partial charge in [0.1, 0.15) is 0 Å². The van der Waals surface area contributed by atoms with E-state index in [0.29, 0.717) is 6.04 Å². The molecule has 0 unspecified atom stereocenters. The maximum Gasteiger partial charge on any atom is 0.522 e. The Labute approximate surface area is 81.0 Å². The molecule has 88 valence electrons. The van der Waals surface area contributed by atoms with Crippen molar-refractivity contribution in [2.45, 2.75) is 38.2 Å². The number of rotatable bonds is 2. The highest BCUT2D eigenvalue weighted by atomic mass is 32.2. The lowest BCUT2D eigenvalue weighted by molar-refractivity contribution is -0.0510. The summed E-state index contributed by atoms with van der Waals surface area (Å²) < 4.78 is 57.5. The summed E-state index contributed by atoms with van der Waals surface area (Å²) >= 11 is 0. The molecule has 0 aromatic heterocycles. The van der Waals surface area contributed by atoms with Crippen LogP contribution < -0.4 is 5.73 Å². The number of hydrogen-bond donors (Lipinski definition) is 2. The molecule has 8 heteroatoms. The average molecular weight is 237 g/mol. The van der Waals surface area contributed by atoms with E-state index in [9.17, 15) is 13.2 Å². The van der Waals surface area contributed by atoms with E-state index in [-0.39, 0.29) is 0 Å². The third kappa shape index (κ3) is 8.27.